The van der Waals surface area contributed by atoms with E-state index < -0.39 is 5.91 Å². The van der Waals surface area contributed by atoms with Crippen molar-refractivity contribution in [3.63, 3.8) is 0 Å². The minimum Gasteiger partial charge on any atom is -0.860 e. The van der Waals surface area contributed by atoms with Crippen LogP contribution in [0.25, 0.3) is 0 Å². The van der Waals surface area contributed by atoms with Gasteiger partial charge in [-0.15, -0.1) is 0 Å². The molecular weight excluding hydrogens is 312 g/mol. The maximum Gasteiger partial charge on any atom is 0.266 e. The number of anilines is 1. The summed E-state index contributed by atoms with van der Waals surface area (Å²) in [6.07, 6.45) is 1.20. The maximum absolute atomic E-state index is 11.8. The van der Waals surface area contributed by atoms with Gasteiger partial charge in [-0.1, -0.05) is 23.7 Å². The van der Waals surface area contributed by atoms with Crippen molar-refractivity contribution in [3.05, 3.63) is 40.7 Å². The number of rotatable bonds is 2. The fourth-order valence-electron chi connectivity index (χ4n) is 1.81. The number of amides is 1. The van der Waals surface area contributed by atoms with Crippen LogP contribution in [0.3, 0.4) is 0 Å². The summed E-state index contributed by atoms with van der Waals surface area (Å²) in [6.45, 7) is 0.593. The predicted molar refractivity (Wildman–Crippen MR) is 83.2 cm³/mol. The Morgan fingerprint density at radius 3 is 2.81 bits per heavy atom. The first kappa shape index (κ1) is 15.4. The highest BCUT2D eigenvalue weighted by Gasteiger charge is 2.14. The van der Waals surface area contributed by atoms with Gasteiger partial charge in [-0.25, -0.2) is 0 Å². The summed E-state index contributed by atoms with van der Waals surface area (Å²) in [5.41, 5.74) is 5.73. The summed E-state index contributed by atoms with van der Waals surface area (Å²) in [5.74, 6) is -0.832. The molecule has 1 aliphatic rings. The van der Waals surface area contributed by atoms with Gasteiger partial charge >= 0.3 is 0 Å². The number of thiocarbonyl (C=S) groups is 1. The van der Waals surface area contributed by atoms with Crippen LogP contribution in [0.2, 0.25) is 5.02 Å². The van der Waals surface area contributed by atoms with Crippen LogP contribution >= 0.6 is 23.8 Å². The van der Waals surface area contributed by atoms with Crippen molar-refractivity contribution in [1.82, 2.24) is 16.2 Å². The molecule has 4 N–H and O–H groups in total. The van der Waals surface area contributed by atoms with E-state index in [-0.39, 0.29) is 16.6 Å². The maximum atomic E-state index is 11.8. The first-order valence-corrected chi connectivity index (χ1v) is 7.12. The molecule has 1 heterocycles. The number of hydrogen-bond acceptors (Lipinski definition) is 4. The molecule has 0 saturated heterocycles. The first-order valence-electron chi connectivity index (χ1n) is 6.34. The van der Waals surface area contributed by atoms with E-state index in [4.69, 9.17) is 23.8 Å². The van der Waals surface area contributed by atoms with Gasteiger partial charge in [-0.2, -0.15) is 0 Å². The van der Waals surface area contributed by atoms with Crippen molar-refractivity contribution in [1.29, 1.82) is 0 Å². The Bertz CT molecular complexity index is 591. The number of nitrogens with one attached hydrogen (secondary N) is 4. The van der Waals surface area contributed by atoms with Gasteiger partial charge in [0.2, 0.25) is 0 Å². The highest BCUT2D eigenvalue weighted by molar-refractivity contribution is 7.80. The molecule has 0 atom stereocenters. The fraction of sp³-hybridized carbons (Fsp3) is 0.231. The lowest BCUT2D eigenvalue weighted by molar-refractivity contribution is -0.314. The zero-order valence-corrected chi connectivity index (χ0v) is 12.6. The Labute approximate surface area is 132 Å². The van der Waals surface area contributed by atoms with Gasteiger partial charge in [0.15, 0.2) is 5.11 Å². The van der Waals surface area contributed by atoms with E-state index >= 15 is 0 Å². The number of benzene rings is 1. The quantitative estimate of drug-likeness (QED) is 0.471. The van der Waals surface area contributed by atoms with E-state index in [9.17, 15) is 9.90 Å². The molecule has 0 bridgehead atoms. The topological polar surface area (TPSA) is 88.2 Å². The monoisotopic (exact) mass is 325 g/mol. The normalized spacial score (nSPS) is 14.1. The number of para-hydroxylation sites is 1. The van der Waals surface area contributed by atoms with Crippen LogP contribution in [0.4, 0.5) is 5.69 Å². The van der Waals surface area contributed by atoms with Crippen molar-refractivity contribution in [2.24, 2.45) is 0 Å². The molecule has 1 aromatic carbocycles. The zero-order chi connectivity index (χ0) is 15.2. The molecule has 21 heavy (non-hydrogen) atoms. The van der Waals surface area contributed by atoms with E-state index in [1.165, 1.54) is 0 Å². The highest BCUT2D eigenvalue weighted by atomic mass is 35.5. The third-order valence-electron chi connectivity index (χ3n) is 2.85. The Balaban J connectivity index is 1.87. The molecule has 0 radical (unpaired) electrons. The summed E-state index contributed by atoms with van der Waals surface area (Å²) < 4.78 is 0. The van der Waals surface area contributed by atoms with Crippen molar-refractivity contribution in [2.75, 3.05) is 11.9 Å². The second-order valence-corrected chi connectivity index (χ2v) is 5.17. The number of carbonyl (C=O) groups is 1. The molecule has 1 aliphatic heterocycles. The summed E-state index contributed by atoms with van der Waals surface area (Å²) >= 11 is 11.0. The van der Waals surface area contributed by atoms with Crippen LogP contribution in [0.15, 0.2) is 35.7 Å². The van der Waals surface area contributed by atoms with Crippen LogP contribution < -0.4 is 26.6 Å². The number of halogens is 1. The molecule has 0 unspecified atom stereocenters. The largest absolute Gasteiger partial charge is 0.860 e. The molecule has 1 aromatic rings. The SMILES string of the molecule is O=C(NNC(=S)Nc1ccccc1Cl)C1=C([O-])NCCC1. The van der Waals surface area contributed by atoms with Crippen LogP contribution in [0.5, 0.6) is 0 Å². The number of carbonyl (C=O) groups excluding carboxylic acids is 1. The van der Waals surface area contributed by atoms with Crippen LogP contribution in [-0.4, -0.2) is 17.6 Å². The van der Waals surface area contributed by atoms with E-state index in [1.54, 1.807) is 24.3 Å². The lowest BCUT2D eigenvalue weighted by Crippen LogP contribution is -2.46. The van der Waals surface area contributed by atoms with E-state index in [1.807, 2.05) is 0 Å². The van der Waals surface area contributed by atoms with Crippen LogP contribution in [0.1, 0.15) is 12.8 Å². The van der Waals surface area contributed by atoms with E-state index in [0.29, 0.717) is 23.7 Å². The van der Waals surface area contributed by atoms with Crippen molar-refractivity contribution >= 4 is 40.5 Å². The highest BCUT2D eigenvalue weighted by Crippen LogP contribution is 2.20. The molecule has 0 fully saturated rings. The van der Waals surface area contributed by atoms with Gasteiger partial charge in [0, 0.05) is 12.1 Å². The average molecular weight is 326 g/mol. The van der Waals surface area contributed by atoms with Gasteiger partial charge in [-0.3, -0.25) is 15.6 Å². The molecule has 0 aliphatic carbocycles. The van der Waals surface area contributed by atoms with E-state index in [2.05, 4.69) is 21.5 Å². The first-order chi connectivity index (χ1) is 10.1. The minimum atomic E-state index is -0.490. The Hall–Kier alpha value is -1.99. The summed E-state index contributed by atoms with van der Waals surface area (Å²) in [6, 6.07) is 7.07. The minimum absolute atomic E-state index is 0.174. The van der Waals surface area contributed by atoms with Gasteiger partial charge in [0.25, 0.3) is 5.91 Å². The summed E-state index contributed by atoms with van der Waals surface area (Å²) in [7, 11) is 0. The Kier molecular flexibility index (Phi) is 5.24. The summed E-state index contributed by atoms with van der Waals surface area (Å²) in [5, 5.41) is 17.7. The number of hydrazine groups is 1. The van der Waals surface area contributed by atoms with Gasteiger partial charge in [0.1, 0.15) is 0 Å². The van der Waals surface area contributed by atoms with Crippen molar-refractivity contribution in [2.45, 2.75) is 12.8 Å². The third kappa shape index (κ3) is 4.24. The molecule has 8 heteroatoms. The molecule has 6 nitrogen and oxygen atoms in total. The lowest BCUT2D eigenvalue weighted by atomic mass is 10.1. The van der Waals surface area contributed by atoms with Gasteiger partial charge in [0.05, 0.1) is 10.7 Å². The Morgan fingerprint density at radius 1 is 1.33 bits per heavy atom. The Morgan fingerprint density at radius 2 is 2.10 bits per heavy atom. The van der Waals surface area contributed by atoms with Gasteiger partial charge in [-0.05, 0) is 43.1 Å². The van der Waals surface area contributed by atoms with Crippen LogP contribution in [-0.2, 0) is 4.79 Å². The van der Waals surface area contributed by atoms with Gasteiger partial charge < -0.3 is 15.7 Å². The third-order valence-corrected chi connectivity index (χ3v) is 3.38. The van der Waals surface area contributed by atoms with Crippen molar-refractivity contribution in [3.8, 4) is 0 Å². The molecule has 0 aromatic heterocycles. The second-order valence-electron chi connectivity index (χ2n) is 4.35. The predicted octanol–water partition coefficient (Wildman–Crippen LogP) is 0.613. The zero-order valence-electron chi connectivity index (χ0n) is 11.0. The lowest BCUT2D eigenvalue weighted by Gasteiger charge is -2.25. The second kappa shape index (κ2) is 7.14. The summed E-state index contributed by atoms with van der Waals surface area (Å²) in [4.78, 5) is 11.8. The smallest absolute Gasteiger partial charge is 0.266 e. The standard InChI is InChI=1S/C13H15ClN4O2S/c14-9-5-1-2-6-10(9)16-13(21)18-17-12(20)8-4-3-7-15-11(8)19/h1-2,5-6,15,19H,3-4,7H2,(H,17,20)(H2,16,18,21)/p-1. The fourth-order valence-corrected chi connectivity index (χ4v) is 2.15. The van der Waals surface area contributed by atoms with E-state index in [0.717, 1.165) is 6.42 Å². The van der Waals surface area contributed by atoms with Crippen molar-refractivity contribution < 1.29 is 9.90 Å². The molecular formula is C13H14ClN4O2S-. The molecule has 2 rings (SSSR count). The average Bonchev–Trinajstić information content (AvgIpc) is 2.48. The molecule has 1 amide bonds. The molecule has 112 valence electrons. The molecule has 0 spiro atoms. The molecule has 0 saturated carbocycles. The van der Waals surface area contributed by atoms with Crippen LogP contribution in [0, 0.1) is 0 Å². The number of hydrogen-bond donors (Lipinski definition) is 4.